The first-order valence-electron chi connectivity index (χ1n) is 13.6. The van der Waals surface area contributed by atoms with Crippen molar-refractivity contribution < 1.29 is 4.39 Å². The predicted octanol–water partition coefficient (Wildman–Crippen LogP) is 10.0. The molecule has 2 aromatic carbocycles. The van der Waals surface area contributed by atoms with Crippen molar-refractivity contribution in [2.24, 2.45) is 11.8 Å². The third-order valence-electron chi connectivity index (χ3n) is 8.51. The first-order valence-corrected chi connectivity index (χ1v) is 13.6. The van der Waals surface area contributed by atoms with Crippen LogP contribution < -0.4 is 0 Å². The molecular weight excluding hydrogens is 391 g/mol. The van der Waals surface area contributed by atoms with Gasteiger partial charge in [-0.1, -0.05) is 82.3 Å². The molecule has 32 heavy (non-hydrogen) atoms. The molecule has 0 heterocycles. The van der Waals surface area contributed by atoms with Gasteiger partial charge in [0.2, 0.25) is 0 Å². The minimum absolute atomic E-state index is 0.00378. The second kappa shape index (κ2) is 11.5. The van der Waals surface area contributed by atoms with Crippen molar-refractivity contribution in [3.05, 3.63) is 59.4 Å². The van der Waals surface area contributed by atoms with Crippen molar-refractivity contribution in [2.75, 3.05) is 0 Å². The first-order chi connectivity index (χ1) is 15.7. The fraction of sp³-hybridized carbons (Fsp3) is 0.613. The molecule has 1 heteroatoms. The lowest BCUT2D eigenvalue weighted by Crippen LogP contribution is -2.14. The van der Waals surface area contributed by atoms with E-state index in [1.54, 1.807) is 6.07 Å². The third-order valence-corrected chi connectivity index (χ3v) is 8.51. The van der Waals surface area contributed by atoms with E-state index >= 15 is 4.39 Å². The van der Waals surface area contributed by atoms with Crippen molar-refractivity contribution in [3.8, 4) is 11.1 Å². The van der Waals surface area contributed by atoms with E-state index in [0.717, 1.165) is 41.4 Å². The van der Waals surface area contributed by atoms with E-state index in [9.17, 15) is 0 Å². The molecule has 0 radical (unpaired) electrons. The summed E-state index contributed by atoms with van der Waals surface area (Å²) in [5.41, 5.74) is 4.58. The molecule has 2 aromatic rings. The van der Waals surface area contributed by atoms with Crippen LogP contribution in [0.4, 0.5) is 4.39 Å². The Labute approximate surface area is 196 Å². The van der Waals surface area contributed by atoms with Gasteiger partial charge in [-0.05, 0) is 103 Å². The van der Waals surface area contributed by atoms with Crippen molar-refractivity contribution >= 4 is 0 Å². The highest BCUT2D eigenvalue weighted by Gasteiger charge is 2.24. The maximum absolute atomic E-state index is 15.1. The summed E-state index contributed by atoms with van der Waals surface area (Å²) in [4.78, 5) is 0. The van der Waals surface area contributed by atoms with Gasteiger partial charge in [0.25, 0.3) is 0 Å². The maximum atomic E-state index is 15.1. The van der Waals surface area contributed by atoms with Gasteiger partial charge in [0.05, 0.1) is 0 Å². The lowest BCUT2D eigenvalue weighted by Gasteiger charge is -2.29. The molecule has 2 fully saturated rings. The monoisotopic (exact) mass is 434 g/mol. The van der Waals surface area contributed by atoms with Gasteiger partial charge in [-0.2, -0.15) is 0 Å². The molecule has 0 saturated heterocycles. The molecule has 2 aliphatic rings. The lowest BCUT2D eigenvalue weighted by molar-refractivity contribution is 0.304. The van der Waals surface area contributed by atoms with E-state index in [1.807, 2.05) is 0 Å². The Morgan fingerprint density at radius 1 is 0.656 bits per heavy atom. The SMILES string of the molecule is CCCCC1CCC(c2ccc(-c3ccc(C4CCC(CCC)CC4)c(F)c3)cc2)CC1. The number of rotatable bonds is 8. The van der Waals surface area contributed by atoms with Gasteiger partial charge in [-0.3, -0.25) is 0 Å². The Bertz CT molecular complexity index is 820. The topological polar surface area (TPSA) is 0 Å². The van der Waals surface area contributed by atoms with Crippen molar-refractivity contribution in [2.45, 2.75) is 109 Å². The molecule has 174 valence electrons. The fourth-order valence-electron chi connectivity index (χ4n) is 6.43. The predicted molar refractivity (Wildman–Crippen MR) is 136 cm³/mol. The van der Waals surface area contributed by atoms with Crippen LogP contribution >= 0.6 is 0 Å². The molecule has 4 rings (SSSR count). The smallest absolute Gasteiger partial charge is 0.127 e. The average molecular weight is 435 g/mol. The maximum Gasteiger partial charge on any atom is 0.127 e. The van der Waals surface area contributed by atoms with Gasteiger partial charge >= 0.3 is 0 Å². The van der Waals surface area contributed by atoms with Crippen LogP contribution in [-0.2, 0) is 0 Å². The van der Waals surface area contributed by atoms with Crippen LogP contribution in [0.5, 0.6) is 0 Å². The summed E-state index contributed by atoms with van der Waals surface area (Å²) >= 11 is 0. The number of hydrogen-bond donors (Lipinski definition) is 0. The highest BCUT2D eigenvalue weighted by Crippen LogP contribution is 2.40. The zero-order valence-electron chi connectivity index (χ0n) is 20.4. The largest absolute Gasteiger partial charge is 0.207 e. The first kappa shape index (κ1) is 23.5. The van der Waals surface area contributed by atoms with Crippen molar-refractivity contribution in [1.29, 1.82) is 0 Å². The third kappa shape index (κ3) is 5.83. The molecule has 0 atom stereocenters. The van der Waals surface area contributed by atoms with Gasteiger partial charge in [-0.15, -0.1) is 0 Å². The normalized spacial score (nSPS) is 26.2. The van der Waals surface area contributed by atoms with Crippen LogP contribution in [0.15, 0.2) is 42.5 Å². The summed E-state index contributed by atoms with van der Waals surface area (Å²) in [7, 11) is 0. The zero-order chi connectivity index (χ0) is 22.3. The molecule has 0 nitrogen and oxygen atoms in total. The van der Waals surface area contributed by atoms with Crippen LogP contribution in [0.25, 0.3) is 11.1 Å². The standard InChI is InChI=1S/C31H43F/c1-3-5-7-24-8-12-25(13-9-24)26-16-18-27(19-17-26)29-20-21-30(31(32)22-29)28-14-10-23(6-4-2)11-15-28/h16-25,28H,3-15H2,1-2H3. The molecule has 0 aliphatic heterocycles. The van der Waals surface area contributed by atoms with Crippen LogP contribution in [0.3, 0.4) is 0 Å². The Morgan fingerprint density at radius 2 is 1.25 bits per heavy atom. The van der Waals surface area contributed by atoms with Gasteiger partial charge < -0.3 is 0 Å². The molecule has 0 bridgehead atoms. The van der Waals surface area contributed by atoms with Crippen molar-refractivity contribution in [3.63, 3.8) is 0 Å². The molecule has 0 spiro atoms. The van der Waals surface area contributed by atoms with E-state index in [4.69, 9.17) is 0 Å². The summed E-state index contributed by atoms with van der Waals surface area (Å²) < 4.78 is 15.1. The van der Waals surface area contributed by atoms with Gasteiger partial charge in [0.15, 0.2) is 0 Å². The second-order valence-corrected chi connectivity index (χ2v) is 10.7. The Balaban J connectivity index is 1.36. The number of hydrogen-bond acceptors (Lipinski definition) is 0. The molecular formula is C31H43F. The minimum atomic E-state index is -0.00378. The number of halogens is 1. The molecule has 0 aromatic heterocycles. The van der Waals surface area contributed by atoms with E-state index in [2.05, 4.69) is 50.2 Å². The summed E-state index contributed by atoms with van der Waals surface area (Å²) in [6, 6.07) is 15.0. The van der Waals surface area contributed by atoms with Crippen LogP contribution in [0, 0.1) is 17.7 Å². The van der Waals surface area contributed by atoms with E-state index < -0.39 is 0 Å². The summed E-state index contributed by atoms with van der Waals surface area (Å²) in [5.74, 6) is 2.93. The average Bonchev–Trinajstić information content (AvgIpc) is 2.84. The molecule has 2 aliphatic carbocycles. The summed E-state index contributed by atoms with van der Waals surface area (Å²) in [5, 5.41) is 0. The van der Waals surface area contributed by atoms with Crippen LogP contribution in [0.1, 0.15) is 120 Å². The molecule has 0 amide bonds. The summed E-state index contributed by atoms with van der Waals surface area (Å²) in [6.07, 6.45) is 17.0. The van der Waals surface area contributed by atoms with E-state index in [0.29, 0.717) is 11.8 Å². The highest BCUT2D eigenvalue weighted by atomic mass is 19.1. The highest BCUT2D eigenvalue weighted by molar-refractivity contribution is 5.64. The zero-order valence-corrected chi connectivity index (χ0v) is 20.4. The molecule has 2 saturated carbocycles. The Hall–Kier alpha value is -1.63. The van der Waals surface area contributed by atoms with Gasteiger partial charge in [0.1, 0.15) is 5.82 Å². The van der Waals surface area contributed by atoms with E-state index in [-0.39, 0.29) is 5.82 Å². The second-order valence-electron chi connectivity index (χ2n) is 10.7. The van der Waals surface area contributed by atoms with E-state index in [1.165, 1.54) is 76.2 Å². The quantitative estimate of drug-likeness (QED) is 0.387. The Kier molecular flexibility index (Phi) is 8.44. The van der Waals surface area contributed by atoms with Gasteiger partial charge in [-0.25, -0.2) is 4.39 Å². The van der Waals surface area contributed by atoms with Gasteiger partial charge in [0, 0.05) is 0 Å². The molecule has 0 N–H and O–H groups in total. The number of unbranched alkanes of at least 4 members (excludes halogenated alkanes) is 1. The lowest BCUT2D eigenvalue weighted by atomic mass is 9.76. The Morgan fingerprint density at radius 3 is 1.84 bits per heavy atom. The van der Waals surface area contributed by atoms with Crippen molar-refractivity contribution in [1.82, 2.24) is 0 Å². The summed E-state index contributed by atoms with van der Waals surface area (Å²) in [6.45, 7) is 4.57. The minimum Gasteiger partial charge on any atom is -0.207 e. The number of benzene rings is 2. The van der Waals surface area contributed by atoms with Crippen LogP contribution in [-0.4, -0.2) is 0 Å². The van der Waals surface area contributed by atoms with Crippen LogP contribution in [0.2, 0.25) is 0 Å². The fourth-order valence-corrected chi connectivity index (χ4v) is 6.43. The molecule has 0 unspecified atom stereocenters.